The predicted molar refractivity (Wildman–Crippen MR) is 97.4 cm³/mol. The molecular formula is C19H21FN4O3. The molecule has 0 aliphatic carbocycles. The van der Waals surface area contributed by atoms with Crippen molar-refractivity contribution in [3.8, 4) is 0 Å². The third kappa shape index (κ3) is 3.62. The van der Waals surface area contributed by atoms with Gasteiger partial charge in [0.2, 0.25) is 18.0 Å². The Labute approximate surface area is 156 Å². The Bertz CT molecular complexity index is 781. The van der Waals surface area contributed by atoms with Crippen molar-refractivity contribution in [2.75, 3.05) is 39.4 Å². The molecule has 8 heteroatoms. The van der Waals surface area contributed by atoms with Gasteiger partial charge in [-0.3, -0.25) is 9.59 Å². The number of piperazine rings is 1. The van der Waals surface area contributed by atoms with Crippen molar-refractivity contribution in [2.24, 2.45) is 15.9 Å². The van der Waals surface area contributed by atoms with Crippen molar-refractivity contribution < 1.29 is 18.7 Å². The highest BCUT2D eigenvalue weighted by Crippen LogP contribution is 2.19. The zero-order valence-electron chi connectivity index (χ0n) is 14.9. The average Bonchev–Trinajstić information content (AvgIpc) is 3.25. The molecule has 142 valence electrons. The summed E-state index contributed by atoms with van der Waals surface area (Å²) in [6.45, 7) is 3.19. The first-order chi connectivity index (χ1) is 13.1. The first kappa shape index (κ1) is 17.8. The maximum absolute atomic E-state index is 14.3. The molecule has 1 aromatic carbocycles. The highest BCUT2D eigenvalue weighted by molar-refractivity contribution is 6.23. The number of ether oxygens (including phenoxy) is 1. The fourth-order valence-electron chi connectivity index (χ4n) is 3.54. The second kappa shape index (κ2) is 7.56. The monoisotopic (exact) mass is 372 g/mol. The first-order valence-electron chi connectivity index (χ1n) is 9.15. The van der Waals surface area contributed by atoms with E-state index in [1.165, 1.54) is 0 Å². The Balaban J connectivity index is 1.46. The number of benzene rings is 1. The summed E-state index contributed by atoms with van der Waals surface area (Å²) in [7, 11) is 0. The number of guanidine groups is 1. The highest BCUT2D eigenvalue weighted by atomic mass is 19.1. The molecule has 3 aliphatic rings. The van der Waals surface area contributed by atoms with E-state index in [1.54, 1.807) is 24.3 Å². The van der Waals surface area contributed by atoms with Crippen molar-refractivity contribution in [2.45, 2.75) is 12.6 Å². The number of aliphatic imine (C=N–C) groups is 2. The van der Waals surface area contributed by atoms with Crippen LogP contribution in [0.4, 0.5) is 4.39 Å². The van der Waals surface area contributed by atoms with Gasteiger partial charge in [-0.25, -0.2) is 9.38 Å². The number of rotatable bonds is 2. The predicted octanol–water partition coefficient (Wildman–Crippen LogP) is 0.891. The number of hydrogen-bond acceptors (Lipinski definition) is 5. The van der Waals surface area contributed by atoms with Crippen molar-refractivity contribution >= 4 is 23.5 Å². The van der Waals surface area contributed by atoms with Gasteiger partial charge in [0.25, 0.3) is 5.91 Å². The summed E-state index contributed by atoms with van der Waals surface area (Å²) in [5.41, 5.74) is 0.660. The van der Waals surface area contributed by atoms with Crippen LogP contribution < -0.4 is 0 Å². The second-order valence-corrected chi connectivity index (χ2v) is 6.85. The van der Waals surface area contributed by atoms with E-state index in [2.05, 4.69) is 9.98 Å². The van der Waals surface area contributed by atoms with Crippen molar-refractivity contribution in [3.63, 3.8) is 0 Å². The third-order valence-electron chi connectivity index (χ3n) is 5.11. The van der Waals surface area contributed by atoms with E-state index in [0.717, 1.165) is 6.42 Å². The SMILES string of the molecule is O=C1N=C(N2CCN(C(=O)C3CCOC3)CC2)N=C(c2ccccc2)C1F. The number of amides is 2. The van der Waals surface area contributed by atoms with Crippen molar-refractivity contribution in [1.29, 1.82) is 0 Å². The van der Waals surface area contributed by atoms with E-state index in [1.807, 2.05) is 15.9 Å². The minimum absolute atomic E-state index is 0.0554. The lowest BCUT2D eigenvalue weighted by Crippen LogP contribution is -2.52. The molecule has 0 radical (unpaired) electrons. The molecule has 0 spiro atoms. The molecule has 4 rings (SSSR count). The Hall–Kier alpha value is -2.61. The number of alkyl halides is 1. The van der Waals surface area contributed by atoms with E-state index in [4.69, 9.17) is 4.74 Å². The van der Waals surface area contributed by atoms with Crippen LogP contribution >= 0.6 is 0 Å². The maximum Gasteiger partial charge on any atom is 0.289 e. The van der Waals surface area contributed by atoms with Crippen LogP contribution in [0.2, 0.25) is 0 Å². The Morgan fingerprint density at radius 3 is 2.52 bits per heavy atom. The molecule has 3 heterocycles. The van der Waals surface area contributed by atoms with Gasteiger partial charge in [-0.05, 0) is 12.0 Å². The smallest absolute Gasteiger partial charge is 0.289 e. The van der Waals surface area contributed by atoms with E-state index in [-0.39, 0.29) is 23.5 Å². The van der Waals surface area contributed by atoms with Crippen LogP contribution in [0.3, 0.4) is 0 Å². The lowest BCUT2D eigenvalue weighted by Gasteiger charge is -2.36. The topological polar surface area (TPSA) is 74.6 Å². The second-order valence-electron chi connectivity index (χ2n) is 6.85. The van der Waals surface area contributed by atoms with Crippen LogP contribution in [-0.2, 0) is 14.3 Å². The molecule has 0 saturated carbocycles. The zero-order chi connectivity index (χ0) is 18.8. The van der Waals surface area contributed by atoms with E-state index >= 15 is 0 Å². The summed E-state index contributed by atoms with van der Waals surface area (Å²) < 4.78 is 19.6. The summed E-state index contributed by atoms with van der Waals surface area (Å²) in [5.74, 6) is -0.546. The van der Waals surface area contributed by atoms with E-state index < -0.39 is 12.1 Å². The highest BCUT2D eigenvalue weighted by Gasteiger charge is 2.34. The number of hydrogen-bond donors (Lipinski definition) is 0. The Morgan fingerprint density at radius 2 is 1.85 bits per heavy atom. The van der Waals surface area contributed by atoms with Crippen LogP contribution in [0.1, 0.15) is 12.0 Å². The van der Waals surface area contributed by atoms with Crippen LogP contribution in [0.15, 0.2) is 40.3 Å². The fraction of sp³-hybridized carbons (Fsp3) is 0.474. The summed E-state index contributed by atoms with van der Waals surface area (Å²) >= 11 is 0. The van der Waals surface area contributed by atoms with Crippen LogP contribution in [0, 0.1) is 5.92 Å². The largest absolute Gasteiger partial charge is 0.381 e. The molecule has 27 heavy (non-hydrogen) atoms. The lowest BCUT2D eigenvalue weighted by atomic mass is 10.0. The van der Waals surface area contributed by atoms with E-state index in [0.29, 0.717) is 45.0 Å². The van der Waals surface area contributed by atoms with E-state index in [9.17, 15) is 14.0 Å². The molecule has 2 atom stereocenters. The number of carbonyl (C=O) groups excluding carboxylic acids is 2. The van der Waals surface area contributed by atoms with Gasteiger partial charge in [-0.2, -0.15) is 4.99 Å². The zero-order valence-corrected chi connectivity index (χ0v) is 14.9. The molecule has 0 aromatic heterocycles. The normalized spacial score (nSPS) is 26.0. The van der Waals surface area contributed by atoms with Gasteiger partial charge in [0.05, 0.1) is 18.2 Å². The van der Waals surface area contributed by atoms with Gasteiger partial charge in [-0.1, -0.05) is 30.3 Å². The fourth-order valence-corrected chi connectivity index (χ4v) is 3.54. The number of halogens is 1. The van der Waals surface area contributed by atoms with Crippen molar-refractivity contribution in [1.82, 2.24) is 9.80 Å². The van der Waals surface area contributed by atoms with Gasteiger partial charge in [-0.15, -0.1) is 0 Å². The number of carbonyl (C=O) groups is 2. The number of nitrogens with zero attached hydrogens (tertiary/aromatic N) is 4. The van der Waals surface area contributed by atoms with Crippen molar-refractivity contribution in [3.05, 3.63) is 35.9 Å². The Kier molecular flexibility index (Phi) is 4.98. The molecule has 2 saturated heterocycles. The first-order valence-corrected chi connectivity index (χ1v) is 9.15. The maximum atomic E-state index is 14.3. The molecule has 7 nitrogen and oxygen atoms in total. The standard InChI is InChI=1S/C19H21FN4O3/c20-15-16(13-4-2-1-3-5-13)21-19(22-17(15)25)24-9-7-23(8-10-24)18(26)14-6-11-27-12-14/h1-5,14-15H,6-12H2. The van der Waals surface area contributed by atoms with Gasteiger partial charge in [0.1, 0.15) is 0 Å². The van der Waals surface area contributed by atoms with Gasteiger partial charge in [0, 0.05) is 32.8 Å². The van der Waals surface area contributed by atoms with Gasteiger partial charge in [0.15, 0.2) is 0 Å². The summed E-state index contributed by atoms with van der Waals surface area (Å²) in [6, 6.07) is 8.82. The molecule has 0 bridgehead atoms. The summed E-state index contributed by atoms with van der Waals surface area (Å²) in [4.78, 5) is 36.3. The molecule has 1 aromatic rings. The van der Waals surface area contributed by atoms with Crippen LogP contribution in [-0.4, -0.2) is 78.8 Å². The minimum atomic E-state index is -1.85. The third-order valence-corrected chi connectivity index (χ3v) is 5.11. The molecule has 3 aliphatic heterocycles. The van der Waals surface area contributed by atoms with Crippen LogP contribution in [0.25, 0.3) is 0 Å². The quantitative estimate of drug-likeness (QED) is 0.773. The minimum Gasteiger partial charge on any atom is -0.381 e. The average molecular weight is 372 g/mol. The molecule has 0 N–H and O–H groups in total. The van der Waals surface area contributed by atoms with Crippen LogP contribution in [0.5, 0.6) is 0 Å². The molecule has 2 unspecified atom stereocenters. The summed E-state index contributed by atoms with van der Waals surface area (Å²) in [5, 5.41) is 0. The molecular weight excluding hydrogens is 351 g/mol. The molecule has 2 fully saturated rings. The molecule has 2 amide bonds. The van der Waals surface area contributed by atoms with Gasteiger partial charge < -0.3 is 14.5 Å². The lowest BCUT2D eigenvalue weighted by molar-refractivity contribution is -0.136. The van der Waals surface area contributed by atoms with Gasteiger partial charge >= 0.3 is 0 Å². The summed E-state index contributed by atoms with van der Waals surface area (Å²) in [6.07, 6.45) is -1.08. The Morgan fingerprint density at radius 1 is 1.11 bits per heavy atom.